The maximum absolute atomic E-state index is 0. The Labute approximate surface area is 46.7 Å². The summed E-state index contributed by atoms with van der Waals surface area (Å²) in [6, 6.07) is 0. The molecule has 0 saturated heterocycles. The normalized spacial score (nSPS) is 0. The summed E-state index contributed by atoms with van der Waals surface area (Å²) in [4.78, 5) is 0. The van der Waals surface area contributed by atoms with Crippen molar-refractivity contribution in [1.29, 1.82) is 0 Å². The molecular formula is Al2NO+7. The molecule has 0 unspecified atom stereocenters. The summed E-state index contributed by atoms with van der Waals surface area (Å²) in [5, 5.41) is 0. The van der Waals surface area contributed by atoms with Crippen LogP contribution in [0.15, 0.2) is 0 Å². The van der Waals surface area contributed by atoms with Crippen molar-refractivity contribution >= 4 is 34.7 Å². The molecule has 0 bridgehead atoms. The van der Waals surface area contributed by atoms with Gasteiger partial charge in [-0.2, -0.15) is 0 Å². The Bertz CT molecular complexity index is 6.00. The molecule has 0 saturated carbocycles. The molecule has 0 aromatic rings. The van der Waals surface area contributed by atoms with Crippen molar-refractivity contribution in [2.75, 3.05) is 0 Å². The molecule has 0 aromatic heterocycles. The Morgan fingerprint density at radius 1 is 0.750 bits per heavy atom. The molecular weight excluding hydrogens is 84.0 g/mol. The minimum atomic E-state index is 0. The van der Waals surface area contributed by atoms with Gasteiger partial charge in [0.2, 0.25) is 0 Å². The third-order valence-corrected chi connectivity index (χ3v) is 0. The predicted molar refractivity (Wildman–Crippen MR) is 14.3 cm³/mol. The predicted octanol–water partition coefficient (Wildman–Crippen LogP) is -1.36. The van der Waals surface area contributed by atoms with E-state index < -0.39 is 0 Å². The standard InChI is InChI=1S/2Al.N.O/q3*+3;-2. The first kappa shape index (κ1) is 122. The van der Waals surface area contributed by atoms with E-state index >= 15 is 0 Å². The van der Waals surface area contributed by atoms with Crippen LogP contribution >= 0.6 is 0 Å². The van der Waals surface area contributed by atoms with Crippen LogP contribution in [0.5, 0.6) is 0 Å². The fraction of sp³-hybridized carbons (Fsp3) is 0. The largest absolute Gasteiger partial charge is 3.00 e. The van der Waals surface area contributed by atoms with Gasteiger partial charge in [-0.05, 0) is 0 Å². The van der Waals surface area contributed by atoms with Crippen LogP contribution in [-0.4, -0.2) is 34.7 Å². The number of hydrogen-bond acceptors (Lipinski definition) is 0. The maximum atomic E-state index is 0. The second kappa shape index (κ2) is 51.7. The molecule has 2 nitrogen and oxygen atoms in total. The molecule has 0 aliphatic heterocycles. The van der Waals surface area contributed by atoms with E-state index in [-0.39, 0.29) is 46.3 Å². The summed E-state index contributed by atoms with van der Waals surface area (Å²) in [5.41, 5.74) is 0. The van der Waals surface area contributed by atoms with Gasteiger partial charge in [-0.25, -0.2) is 0 Å². The van der Waals surface area contributed by atoms with E-state index in [1.54, 1.807) is 0 Å². The summed E-state index contributed by atoms with van der Waals surface area (Å²) >= 11 is 0. The molecule has 0 aliphatic carbocycles. The zero-order valence-electron chi connectivity index (χ0n) is 2.01. The fourth-order valence-corrected chi connectivity index (χ4v) is 0. The first-order valence-electron chi connectivity index (χ1n) is 0. The fourth-order valence-electron chi connectivity index (χ4n) is 0. The SMILES string of the molecule is [Al+3].[Al+3].[N+3].[O-2]. The third-order valence-electron chi connectivity index (χ3n) is 0. The molecule has 4 heavy (non-hydrogen) atoms. The number of hydrogen-bond donors (Lipinski definition) is 0. The van der Waals surface area contributed by atoms with Gasteiger partial charge in [0.15, 0.2) is 0 Å². The average Bonchev–Trinajstić information content (AvgIpc) is 0. The topological polar surface area (TPSA) is 59.0 Å². The van der Waals surface area contributed by atoms with Crippen LogP contribution in [0.25, 0.3) is 0 Å². The van der Waals surface area contributed by atoms with Crippen molar-refractivity contribution in [1.82, 2.24) is 6.15 Å². The molecule has 2 radical (unpaired) electrons. The van der Waals surface area contributed by atoms with Gasteiger partial charge in [0, 0.05) is 0 Å². The van der Waals surface area contributed by atoms with E-state index in [0.717, 1.165) is 0 Å². The van der Waals surface area contributed by atoms with Gasteiger partial charge < -0.3 is 5.48 Å². The first-order valence-corrected chi connectivity index (χ1v) is 0. The third kappa shape index (κ3) is 15.2. The second-order valence-electron chi connectivity index (χ2n) is 0. The van der Waals surface area contributed by atoms with Gasteiger partial charge >= 0.3 is 40.9 Å². The van der Waals surface area contributed by atoms with E-state index in [1.165, 1.54) is 0 Å². The maximum Gasteiger partial charge on any atom is 3.00 e. The molecule has 0 heterocycles. The Hall–Kier alpha value is 0.735. The summed E-state index contributed by atoms with van der Waals surface area (Å²) in [6.07, 6.45) is 0. The first-order chi connectivity index (χ1) is 0. The van der Waals surface area contributed by atoms with Gasteiger partial charge in [0.25, 0.3) is 0 Å². The van der Waals surface area contributed by atoms with Crippen molar-refractivity contribution in [2.24, 2.45) is 0 Å². The van der Waals surface area contributed by atoms with Crippen molar-refractivity contribution in [2.45, 2.75) is 0 Å². The molecule has 0 aliphatic rings. The minimum Gasteiger partial charge on any atom is -2.00 e. The molecule has 0 atom stereocenters. The molecule has 0 aromatic carbocycles. The molecule has 10 valence electrons. The summed E-state index contributed by atoms with van der Waals surface area (Å²) in [5.74, 6) is 0. The summed E-state index contributed by atoms with van der Waals surface area (Å²) < 4.78 is 0. The number of nitrogens with zero attached hydrogens (tertiary/aromatic N) is 1. The van der Waals surface area contributed by atoms with E-state index in [1.807, 2.05) is 0 Å². The Morgan fingerprint density at radius 2 is 0.750 bits per heavy atom. The second-order valence-corrected chi connectivity index (χ2v) is 0. The van der Waals surface area contributed by atoms with E-state index in [9.17, 15) is 0 Å². The minimum absolute atomic E-state index is 0. The van der Waals surface area contributed by atoms with Crippen LogP contribution in [0.3, 0.4) is 0 Å². The smallest absolute Gasteiger partial charge is 2.00 e. The quantitative estimate of drug-likeness (QED) is 0.325. The van der Waals surface area contributed by atoms with Gasteiger partial charge in [-0.1, -0.05) is 0 Å². The van der Waals surface area contributed by atoms with Crippen LogP contribution in [0.2, 0.25) is 0 Å². The number of rotatable bonds is 0. The van der Waals surface area contributed by atoms with Gasteiger partial charge in [0.05, 0.1) is 0 Å². The summed E-state index contributed by atoms with van der Waals surface area (Å²) in [7, 11) is 0. The van der Waals surface area contributed by atoms with E-state index in [0.29, 0.717) is 0 Å². The van der Waals surface area contributed by atoms with Crippen molar-refractivity contribution in [3.05, 3.63) is 0 Å². The van der Waals surface area contributed by atoms with Crippen molar-refractivity contribution in [3.8, 4) is 0 Å². The van der Waals surface area contributed by atoms with Gasteiger partial charge in [-0.15, -0.1) is 0 Å². The Kier molecular flexibility index (Phi) is 1580. The molecule has 0 rings (SSSR count). The Morgan fingerprint density at radius 3 is 0.750 bits per heavy atom. The van der Waals surface area contributed by atoms with Crippen LogP contribution < -0.4 is 6.15 Å². The van der Waals surface area contributed by atoms with Gasteiger partial charge in [0.1, 0.15) is 0 Å². The van der Waals surface area contributed by atoms with Crippen molar-refractivity contribution in [3.63, 3.8) is 0 Å². The van der Waals surface area contributed by atoms with Crippen LogP contribution in [0.4, 0.5) is 0 Å². The van der Waals surface area contributed by atoms with E-state index in [2.05, 4.69) is 0 Å². The monoisotopic (exact) mass is 84.0 g/mol. The molecule has 0 fully saturated rings. The molecule has 0 N–H and O–H groups in total. The molecule has 0 amide bonds. The van der Waals surface area contributed by atoms with Crippen molar-refractivity contribution < 1.29 is 5.48 Å². The van der Waals surface area contributed by atoms with Crippen LogP contribution in [0.1, 0.15) is 0 Å². The zero-order valence-corrected chi connectivity index (χ0v) is 4.32. The van der Waals surface area contributed by atoms with E-state index in [4.69, 9.17) is 0 Å². The zero-order chi connectivity index (χ0) is 0. The average molecular weight is 84.0 g/mol. The van der Waals surface area contributed by atoms with Crippen LogP contribution in [-0.2, 0) is 5.48 Å². The molecule has 4 heteroatoms. The van der Waals surface area contributed by atoms with Crippen LogP contribution in [0, 0.1) is 0 Å². The molecule has 0 spiro atoms. The van der Waals surface area contributed by atoms with Gasteiger partial charge in [-0.3, -0.25) is 0 Å². The summed E-state index contributed by atoms with van der Waals surface area (Å²) in [6.45, 7) is 0. The Balaban J connectivity index is 0.